The van der Waals surface area contributed by atoms with Gasteiger partial charge in [-0.15, -0.1) is 11.3 Å². The number of thiazole rings is 1. The molecule has 0 unspecified atom stereocenters. The van der Waals surface area contributed by atoms with Crippen molar-refractivity contribution in [3.63, 3.8) is 0 Å². The van der Waals surface area contributed by atoms with Crippen molar-refractivity contribution in [1.82, 2.24) is 14.9 Å². The van der Waals surface area contributed by atoms with Crippen molar-refractivity contribution < 1.29 is 4.79 Å². The zero-order valence-corrected chi connectivity index (χ0v) is 14.4. The van der Waals surface area contributed by atoms with Gasteiger partial charge in [-0.05, 0) is 25.5 Å². The molecule has 3 heterocycles. The van der Waals surface area contributed by atoms with Crippen LogP contribution >= 0.6 is 11.3 Å². The van der Waals surface area contributed by atoms with Crippen molar-refractivity contribution in [2.45, 2.75) is 19.8 Å². The Morgan fingerprint density at radius 1 is 1.38 bits per heavy atom. The van der Waals surface area contributed by atoms with Crippen molar-refractivity contribution in [2.24, 2.45) is 0 Å². The average Bonchev–Trinajstić information content (AvgIpc) is 2.86. The van der Waals surface area contributed by atoms with Crippen LogP contribution in [0.2, 0.25) is 0 Å². The number of amides is 1. The molecule has 2 aromatic heterocycles. The molecule has 24 heavy (non-hydrogen) atoms. The van der Waals surface area contributed by atoms with Gasteiger partial charge in [0.15, 0.2) is 0 Å². The lowest BCUT2D eigenvalue weighted by Gasteiger charge is -2.23. The van der Waals surface area contributed by atoms with Gasteiger partial charge in [0, 0.05) is 37.8 Å². The molecule has 7 heteroatoms. The van der Waals surface area contributed by atoms with Gasteiger partial charge in [-0.1, -0.05) is 0 Å². The second kappa shape index (κ2) is 7.41. The molecule has 0 N–H and O–H groups in total. The van der Waals surface area contributed by atoms with Gasteiger partial charge < -0.3 is 9.80 Å². The van der Waals surface area contributed by atoms with E-state index in [-0.39, 0.29) is 5.91 Å². The summed E-state index contributed by atoms with van der Waals surface area (Å²) in [6.45, 7) is 4.80. The third-order valence-electron chi connectivity index (χ3n) is 4.05. The summed E-state index contributed by atoms with van der Waals surface area (Å²) in [5, 5.41) is 12.2. The molecular formula is C17H19N5OS. The van der Waals surface area contributed by atoms with E-state index >= 15 is 0 Å². The van der Waals surface area contributed by atoms with Crippen LogP contribution in [-0.2, 0) is 11.2 Å². The molecule has 1 saturated heterocycles. The highest BCUT2D eigenvalue weighted by atomic mass is 32.1. The van der Waals surface area contributed by atoms with Gasteiger partial charge in [-0.3, -0.25) is 4.79 Å². The van der Waals surface area contributed by atoms with E-state index in [0.717, 1.165) is 30.2 Å². The molecule has 124 valence electrons. The summed E-state index contributed by atoms with van der Waals surface area (Å²) in [6.07, 6.45) is 2.93. The highest BCUT2D eigenvalue weighted by Crippen LogP contribution is 2.18. The van der Waals surface area contributed by atoms with Gasteiger partial charge in [0.1, 0.15) is 11.9 Å². The van der Waals surface area contributed by atoms with Gasteiger partial charge >= 0.3 is 0 Å². The Balaban J connectivity index is 1.64. The van der Waals surface area contributed by atoms with Crippen LogP contribution in [0.4, 0.5) is 5.82 Å². The highest BCUT2D eigenvalue weighted by Gasteiger charge is 2.21. The molecule has 0 saturated carbocycles. The van der Waals surface area contributed by atoms with Gasteiger partial charge in [0.25, 0.3) is 0 Å². The zero-order valence-electron chi connectivity index (χ0n) is 13.6. The second-order valence-electron chi connectivity index (χ2n) is 5.74. The second-order valence-corrected chi connectivity index (χ2v) is 6.80. The monoisotopic (exact) mass is 341 g/mol. The third kappa shape index (κ3) is 3.71. The number of nitrogens with zero attached hydrogens (tertiary/aromatic N) is 5. The van der Waals surface area contributed by atoms with Crippen molar-refractivity contribution >= 4 is 23.1 Å². The number of nitriles is 1. The summed E-state index contributed by atoms with van der Waals surface area (Å²) >= 11 is 1.57. The number of hydrogen-bond acceptors (Lipinski definition) is 6. The van der Waals surface area contributed by atoms with Crippen LogP contribution in [0.25, 0.3) is 0 Å². The molecule has 2 aromatic rings. The lowest BCUT2D eigenvalue weighted by molar-refractivity contribution is -0.130. The van der Waals surface area contributed by atoms with Crippen molar-refractivity contribution in [1.29, 1.82) is 5.26 Å². The Morgan fingerprint density at radius 2 is 2.25 bits per heavy atom. The summed E-state index contributed by atoms with van der Waals surface area (Å²) in [4.78, 5) is 25.2. The molecule has 0 bridgehead atoms. The van der Waals surface area contributed by atoms with E-state index in [4.69, 9.17) is 0 Å². The standard InChI is InChI=1S/C17H19N5OS/c1-13-20-15(12-24-13)10-16(23)21-6-3-7-22(9-8-21)17-14(11-18)4-2-5-19-17/h2,4-5,12H,3,6-10H2,1H3. The van der Waals surface area contributed by atoms with Gasteiger partial charge in [-0.2, -0.15) is 5.26 Å². The Bertz CT molecular complexity index is 766. The Kier molecular flexibility index (Phi) is 5.06. The number of carbonyl (C=O) groups is 1. The summed E-state index contributed by atoms with van der Waals surface area (Å²) in [7, 11) is 0. The first kappa shape index (κ1) is 16.4. The zero-order chi connectivity index (χ0) is 16.9. The predicted molar refractivity (Wildman–Crippen MR) is 92.9 cm³/mol. The summed E-state index contributed by atoms with van der Waals surface area (Å²) in [6, 6.07) is 5.74. The molecule has 0 spiro atoms. The van der Waals surface area contributed by atoms with E-state index in [2.05, 4.69) is 20.9 Å². The smallest absolute Gasteiger partial charge is 0.228 e. The minimum absolute atomic E-state index is 0.115. The van der Waals surface area contributed by atoms with Gasteiger partial charge in [-0.25, -0.2) is 9.97 Å². The first-order valence-electron chi connectivity index (χ1n) is 7.96. The van der Waals surface area contributed by atoms with Gasteiger partial charge in [0.2, 0.25) is 5.91 Å². The van der Waals surface area contributed by atoms with E-state index in [1.54, 1.807) is 29.7 Å². The Morgan fingerprint density at radius 3 is 3.00 bits per heavy atom. The number of aryl methyl sites for hydroxylation is 1. The van der Waals surface area contributed by atoms with Crippen LogP contribution in [0.5, 0.6) is 0 Å². The fourth-order valence-corrected chi connectivity index (χ4v) is 3.48. The Labute approximate surface area is 145 Å². The third-order valence-corrected chi connectivity index (χ3v) is 4.88. The first-order valence-corrected chi connectivity index (χ1v) is 8.84. The molecular weight excluding hydrogens is 322 g/mol. The van der Waals surface area contributed by atoms with Crippen molar-refractivity contribution in [3.8, 4) is 6.07 Å². The maximum atomic E-state index is 12.5. The molecule has 1 fully saturated rings. The first-order chi connectivity index (χ1) is 11.7. The van der Waals surface area contributed by atoms with Crippen LogP contribution < -0.4 is 4.90 Å². The fourth-order valence-electron chi connectivity index (χ4n) is 2.87. The molecule has 1 aliphatic heterocycles. The van der Waals surface area contributed by atoms with Crippen molar-refractivity contribution in [2.75, 3.05) is 31.1 Å². The number of anilines is 1. The lowest BCUT2D eigenvalue weighted by Crippen LogP contribution is -2.36. The predicted octanol–water partition coefficient (Wildman–Crippen LogP) is 2.00. The lowest BCUT2D eigenvalue weighted by atomic mass is 10.2. The number of carbonyl (C=O) groups excluding carboxylic acids is 1. The van der Waals surface area contributed by atoms with Crippen molar-refractivity contribution in [3.05, 3.63) is 40.0 Å². The number of rotatable bonds is 3. The van der Waals surface area contributed by atoms with E-state index in [1.807, 2.05) is 17.2 Å². The molecule has 0 atom stereocenters. The maximum absolute atomic E-state index is 12.5. The molecule has 0 aliphatic carbocycles. The quantitative estimate of drug-likeness (QED) is 0.854. The molecule has 1 amide bonds. The largest absolute Gasteiger partial charge is 0.354 e. The molecule has 6 nitrogen and oxygen atoms in total. The summed E-state index contributed by atoms with van der Waals surface area (Å²) < 4.78 is 0. The summed E-state index contributed by atoms with van der Waals surface area (Å²) in [5.41, 5.74) is 1.43. The SMILES string of the molecule is Cc1nc(CC(=O)N2CCCN(c3ncccc3C#N)CC2)cs1. The maximum Gasteiger partial charge on any atom is 0.228 e. The normalized spacial score (nSPS) is 15.0. The van der Waals surface area contributed by atoms with E-state index in [9.17, 15) is 10.1 Å². The molecule has 0 radical (unpaired) electrons. The minimum Gasteiger partial charge on any atom is -0.354 e. The summed E-state index contributed by atoms with van der Waals surface area (Å²) in [5.74, 6) is 0.827. The molecule has 1 aliphatic rings. The molecule has 3 rings (SSSR count). The number of hydrogen-bond donors (Lipinski definition) is 0. The van der Waals surface area contributed by atoms with Crippen LogP contribution in [0, 0.1) is 18.3 Å². The van der Waals surface area contributed by atoms with Gasteiger partial charge in [0.05, 0.1) is 22.7 Å². The van der Waals surface area contributed by atoms with Crippen LogP contribution in [0.1, 0.15) is 22.7 Å². The topological polar surface area (TPSA) is 73.1 Å². The van der Waals surface area contributed by atoms with E-state index < -0.39 is 0 Å². The minimum atomic E-state index is 0.115. The highest BCUT2D eigenvalue weighted by molar-refractivity contribution is 7.09. The van der Waals surface area contributed by atoms with Crippen LogP contribution in [0.15, 0.2) is 23.7 Å². The van der Waals surface area contributed by atoms with Crippen LogP contribution in [-0.4, -0.2) is 47.0 Å². The molecule has 0 aromatic carbocycles. The van der Waals surface area contributed by atoms with Crippen LogP contribution in [0.3, 0.4) is 0 Å². The van der Waals surface area contributed by atoms with E-state index in [1.165, 1.54) is 0 Å². The fraction of sp³-hybridized carbons (Fsp3) is 0.412. The average molecular weight is 341 g/mol. The number of aromatic nitrogens is 2. The Hall–Kier alpha value is -2.46. The number of pyridine rings is 1. The van der Waals surface area contributed by atoms with E-state index in [0.29, 0.717) is 30.9 Å².